The molecule has 0 aromatic heterocycles. The van der Waals surface area contributed by atoms with Crippen molar-refractivity contribution >= 4 is 17.9 Å². The summed E-state index contributed by atoms with van der Waals surface area (Å²) in [4.78, 5) is 37.7. The van der Waals surface area contributed by atoms with Crippen LogP contribution in [0.5, 0.6) is 0 Å². The molecule has 0 aliphatic heterocycles. The summed E-state index contributed by atoms with van der Waals surface area (Å²) < 4.78 is 22.9. The number of ether oxygens (including phenoxy) is 4. The van der Waals surface area contributed by atoms with Crippen LogP contribution in [0.1, 0.15) is 380 Å². The van der Waals surface area contributed by atoms with E-state index in [1.807, 2.05) is 21.1 Å². The van der Waals surface area contributed by atoms with E-state index >= 15 is 0 Å². The summed E-state index contributed by atoms with van der Waals surface area (Å²) in [6, 6.07) is 0. The van der Waals surface area contributed by atoms with Gasteiger partial charge in [-0.1, -0.05) is 404 Å². The molecule has 0 heterocycles. The standard InChI is InChI=1S/C93H161NO8/c1-6-8-10-12-14-16-18-20-22-24-26-28-30-32-34-36-38-40-42-44-45-46-47-48-50-52-54-56-58-60-62-64-66-68-70-72-74-76-78-80-82-84-91(96)102-89(88-101-93(92(97)98)99-86-85-94(3,4)5)87-100-90(95)83-81-79-77-75-73-71-69-67-65-63-61-59-57-55-53-51-49-43-41-39-37-35-33-31-29-27-25-23-21-19-17-15-13-11-9-7-2/h8,10,14,16,20,22,26,28,32,34,38,40,44-45,47-48,52,54,58,60,64,66,89,93H,6-7,9,11-13,15,17-19,21,23-25,27,29-31,33,35-37,39,41-43,46,49-51,53,55-57,59,61-63,65,67-88H2,1-5H3/b10-8-,16-14-,22-20-,28-26-,34-32-,40-38-,45-44-,48-47-,54-52-,60-58-,66-64-. The number of hydrogen-bond donors (Lipinski definition) is 0. The fourth-order valence-corrected chi connectivity index (χ4v) is 12.2. The van der Waals surface area contributed by atoms with Gasteiger partial charge < -0.3 is 33.3 Å². The molecule has 0 aliphatic rings. The van der Waals surface area contributed by atoms with Crippen LogP contribution in [0.15, 0.2) is 134 Å². The zero-order chi connectivity index (χ0) is 73.9. The Labute approximate surface area is 630 Å². The van der Waals surface area contributed by atoms with Gasteiger partial charge in [-0.15, -0.1) is 0 Å². The lowest BCUT2D eigenvalue weighted by Gasteiger charge is -2.26. The number of allylic oxidation sites excluding steroid dienone is 22. The van der Waals surface area contributed by atoms with Crippen molar-refractivity contribution in [2.24, 2.45) is 0 Å². The molecule has 0 saturated carbocycles. The van der Waals surface area contributed by atoms with Gasteiger partial charge in [0.15, 0.2) is 12.4 Å². The van der Waals surface area contributed by atoms with E-state index in [1.165, 1.54) is 231 Å². The Morgan fingerprint density at radius 3 is 0.833 bits per heavy atom. The molecule has 586 valence electrons. The molecular weight excluding hydrogens is 1260 g/mol. The second kappa shape index (κ2) is 82.1. The zero-order valence-corrected chi connectivity index (χ0v) is 67.2. The first-order chi connectivity index (χ1) is 50.1. The number of carbonyl (C=O) groups is 3. The van der Waals surface area contributed by atoms with E-state index < -0.39 is 24.3 Å². The van der Waals surface area contributed by atoms with Crippen LogP contribution in [-0.2, 0) is 33.3 Å². The minimum Gasteiger partial charge on any atom is -0.545 e. The summed E-state index contributed by atoms with van der Waals surface area (Å²) in [5.74, 6) is -2.29. The summed E-state index contributed by atoms with van der Waals surface area (Å²) in [6.07, 6.45) is 116. The predicted octanol–water partition coefficient (Wildman–Crippen LogP) is 26.7. The highest BCUT2D eigenvalue weighted by Gasteiger charge is 2.22. The van der Waals surface area contributed by atoms with Gasteiger partial charge in [-0.3, -0.25) is 9.59 Å². The Balaban J connectivity index is 4.06. The van der Waals surface area contributed by atoms with Crippen molar-refractivity contribution in [2.75, 3.05) is 47.5 Å². The van der Waals surface area contributed by atoms with Crippen LogP contribution in [0.3, 0.4) is 0 Å². The van der Waals surface area contributed by atoms with Gasteiger partial charge in [0, 0.05) is 12.8 Å². The Morgan fingerprint density at radius 2 is 0.559 bits per heavy atom. The minimum atomic E-state index is -1.63. The quantitative estimate of drug-likeness (QED) is 0.0195. The molecule has 0 aromatic rings. The highest BCUT2D eigenvalue weighted by Crippen LogP contribution is 2.19. The van der Waals surface area contributed by atoms with Crippen molar-refractivity contribution in [3.05, 3.63) is 134 Å². The maximum absolute atomic E-state index is 13.0. The van der Waals surface area contributed by atoms with E-state index in [0.717, 1.165) is 116 Å². The predicted molar refractivity (Wildman–Crippen MR) is 439 cm³/mol. The van der Waals surface area contributed by atoms with E-state index in [2.05, 4.69) is 148 Å². The summed E-state index contributed by atoms with van der Waals surface area (Å²) in [7, 11) is 5.93. The van der Waals surface area contributed by atoms with Crippen LogP contribution in [0.2, 0.25) is 0 Å². The number of carboxylic acid groups (broad SMARTS) is 1. The molecule has 0 saturated heterocycles. The number of likely N-dealkylation sites (N-methyl/N-ethyl adjacent to an activating group) is 1. The molecule has 0 amide bonds. The second-order valence-corrected chi connectivity index (χ2v) is 29.8. The molecule has 0 aromatic carbocycles. The van der Waals surface area contributed by atoms with Gasteiger partial charge in [-0.2, -0.15) is 0 Å². The first-order valence-corrected chi connectivity index (χ1v) is 42.8. The van der Waals surface area contributed by atoms with E-state index in [1.54, 1.807) is 0 Å². The molecule has 9 nitrogen and oxygen atoms in total. The average Bonchev–Trinajstić information content (AvgIpc) is 0.999. The van der Waals surface area contributed by atoms with Crippen LogP contribution >= 0.6 is 0 Å². The van der Waals surface area contributed by atoms with E-state index in [4.69, 9.17) is 18.9 Å². The van der Waals surface area contributed by atoms with Gasteiger partial charge >= 0.3 is 11.9 Å². The maximum atomic E-state index is 13.0. The van der Waals surface area contributed by atoms with Crippen LogP contribution in [0, 0.1) is 0 Å². The molecule has 102 heavy (non-hydrogen) atoms. The Morgan fingerprint density at radius 1 is 0.304 bits per heavy atom. The van der Waals surface area contributed by atoms with Crippen molar-refractivity contribution < 1.29 is 42.9 Å². The van der Waals surface area contributed by atoms with Gasteiger partial charge in [0.2, 0.25) is 0 Å². The molecule has 0 fully saturated rings. The molecule has 9 heteroatoms. The first-order valence-electron chi connectivity index (χ1n) is 42.8. The third-order valence-electron chi connectivity index (χ3n) is 18.7. The molecule has 0 N–H and O–H groups in total. The third-order valence-corrected chi connectivity index (χ3v) is 18.7. The van der Waals surface area contributed by atoms with Gasteiger partial charge in [-0.05, 0) is 96.3 Å². The molecule has 2 unspecified atom stereocenters. The Kier molecular flexibility index (Phi) is 78.4. The number of hydrogen-bond acceptors (Lipinski definition) is 8. The Bertz CT molecular complexity index is 2150. The normalized spacial score (nSPS) is 13.3. The fraction of sp³-hybridized carbons (Fsp3) is 0.731. The van der Waals surface area contributed by atoms with Crippen molar-refractivity contribution in [3.8, 4) is 0 Å². The lowest BCUT2D eigenvalue weighted by atomic mass is 10.0. The van der Waals surface area contributed by atoms with Gasteiger partial charge in [-0.25, -0.2) is 0 Å². The van der Waals surface area contributed by atoms with Gasteiger partial charge in [0.25, 0.3) is 0 Å². The number of nitrogens with zero attached hydrogens (tertiary/aromatic N) is 1. The summed E-state index contributed by atoms with van der Waals surface area (Å²) in [5.41, 5.74) is 0. The summed E-state index contributed by atoms with van der Waals surface area (Å²) in [5, 5.41) is 11.9. The highest BCUT2D eigenvalue weighted by molar-refractivity contribution is 5.70. The number of carbonyl (C=O) groups excluding carboxylic acids is 3. The van der Waals surface area contributed by atoms with Crippen LogP contribution in [-0.4, -0.2) is 82.3 Å². The lowest BCUT2D eigenvalue weighted by molar-refractivity contribution is -0.870. The number of carboxylic acids is 1. The van der Waals surface area contributed by atoms with Crippen LogP contribution < -0.4 is 5.11 Å². The van der Waals surface area contributed by atoms with E-state index in [0.29, 0.717) is 17.4 Å². The molecule has 0 spiro atoms. The molecule has 0 rings (SSSR count). The van der Waals surface area contributed by atoms with Crippen molar-refractivity contribution in [1.29, 1.82) is 0 Å². The lowest BCUT2D eigenvalue weighted by Crippen LogP contribution is -2.44. The van der Waals surface area contributed by atoms with Crippen LogP contribution in [0.25, 0.3) is 0 Å². The largest absolute Gasteiger partial charge is 0.545 e. The van der Waals surface area contributed by atoms with Crippen molar-refractivity contribution in [1.82, 2.24) is 0 Å². The highest BCUT2D eigenvalue weighted by atomic mass is 16.7. The van der Waals surface area contributed by atoms with Gasteiger partial charge in [0.1, 0.15) is 13.2 Å². The third kappa shape index (κ3) is 82.7. The summed E-state index contributed by atoms with van der Waals surface area (Å²) >= 11 is 0. The Hall–Kier alpha value is -4.57. The van der Waals surface area contributed by atoms with Gasteiger partial charge in [0.05, 0.1) is 40.3 Å². The number of rotatable bonds is 79. The monoisotopic (exact) mass is 1420 g/mol. The fourth-order valence-electron chi connectivity index (χ4n) is 12.2. The number of quaternary nitrogens is 1. The SMILES string of the molecule is CC/C=C\C/C=C\C/C=C\C/C=C\C/C=C\C/C=C\C/C=C\C/C=C\C/C=C\C/C=C\C/C=C\CCCCCCCCCC(=O)OC(COC(=O)CCCCCCCCCCCCCCCCCCCCCCCCCCCCCCCCCCCCCC)COC(OCC[N+](C)(C)C)C(=O)[O-]. The number of aliphatic carboxylic acids is 1. The van der Waals surface area contributed by atoms with Crippen molar-refractivity contribution in [2.45, 2.75) is 392 Å². The van der Waals surface area contributed by atoms with E-state index in [-0.39, 0.29) is 38.6 Å². The summed E-state index contributed by atoms with van der Waals surface area (Å²) in [6.45, 7) is 4.66. The zero-order valence-electron chi connectivity index (χ0n) is 67.2. The average molecular weight is 1420 g/mol. The second-order valence-electron chi connectivity index (χ2n) is 29.8. The molecule has 0 aliphatic carbocycles. The smallest absolute Gasteiger partial charge is 0.306 e. The maximum Gasteiger partial charge on any atom is 0.306 e. The minimum absolute atomic E-state index is 0.141. The topological polar surface area (TPSA) is 111 Å². The molecular formula is C93H161NO8. The molecule has 2 atom stereocenters. The number of esters is 2. The van der Waals surface area contributed by atoms with E-state index in [9.17, 15) is 19.5 Å². The van der Waals surface area contributed by atoms with Crippen LogP contribution in [0.4, 0.5) is 0 Å². The van der Waals surface area contributed by atoms with Crippen molar-refractivity contribution in [3.63, 3.8) is 0 Å². The molecule has 0 radical (unpaired) electrons. The first kappa shape index (κ1) is 97.4. The number of unbranched alkanes of at least 4 members (excludes halogenated alkanes) is 42. The molecule has 0 bridgehead atoms.